The van der Waals surface area contributed by atoms with Gasteiger partial charge < -0.3 is 15.1 Å². The first-order chi connectivity index (χ1) is 13.6. The number of halogens is 2. The Balaban J connectivity index is 0.00000160. The first-order valence-electron chi connectivity index (χ1n) is 10.3. The second kappa shape index (κ2) is 11.0. The minimum atomic E-state index is 0. The largest absolute Gasteiger partial charge is 0.371 e. The van der Waals surface area contributed by atoms with E-state index < -0.39 is 0 Å². The van der Waals surface area contributed by atoms with Gasteiger partial charge in [0.15, 0.2) is 5.69 Å². The van der Waals surface area contributed by atoms with Crippen molar-refractivity contribution in [2.75, 3.05) is 38.1 Å². The number of hydrogen-bond acceptors (Lipinski definition) is 5. The fraction of sp³-hybridized carbons (Fsp3) is 0.571. The zero-order chi connectivity index (χ0) is 19.5. The summed E-state index contributed by atoms with van der Waals surface area (Å²) in [6.45, 7) is 5.50. The van der Waals surface area contributed by atoms with Gasteiger partial charge in [0.25, 0.3) is 5.91 Å². The van der Waals surface area contributed by atoms with Crippen molar-refractivity contribution in [1.29, 1.82) is 0 Å². The Bertz CT molecular complexity index is 801. The van der Waals surface area contributed by atoms with Crippen LogP contribution < -0.4 is 10.2 Å². The van der Waals surface area contributed by atoms with Crippen LogP contribution in [0.4, 0.5) is 5.69 Å². The van der Waals surface area contributed by atoms with E-state index in [1.807, 2.05) is 22.6 Å². The van der Waals surface area contributed by atoms with Crippen LogP contribution in [-0.4, -0.2) is 65.1 Å². The monoisotopic (exact) mass is 454 g/mol. The number of benzene rings is 1. The summed E-state index contributed by atoms with van der Waals surface area (Å²) >= 11 is 0. The number of carbonyl (C=O) groups excluding carboxylic acids is 1. The van der Waals surface area contributed by atoms with Gasteiger partial charge in [0, 0.05) is 31.9 Å². The van der Waals surface area contributed by atoms with E-state index in [0.717, 1.165) is 57.6 Å². The number of rotatable bonds is 4. The summed E-state index contributed by atoms with van der Waals surface area (Å²) in [6.07, 6.45) is 4.02. The molecule has 2 saturated heterocycles. The zero-order valence-corrected chi connectivity index (χ0v) is 19.3. The Hall–Kier alpha value is -1.83. The molecule has 0 aliphatic carbocycles. The third-order valence-corrected chi connectivity index (χ3v) is 6.25. The SMILES string of the molecule is Cc1c(C(=O)N2CCC(N(C)c3ccccc3)CC2)nnn1C1CCNCC1.Cl.Cl. The average Bonchev–Trinajstić information content (AvgIpc) is 3.15. The first-order valence-corrected chi connectivity index (χ1v) is 10.3. The zero-order valence-electron chi connectivity index (χ0n) is 17.7. The predicted molar refractivity (Wildman–Crippen MR) is 124 cm³/mol. The molecule has 7 nitrogen and oxygen atoms in total. The Morgan fingerprint density at radius 3 is 2.33 bits per heavy atom. The van der Waals surface area contributed by atoms with Crippen LogP contribution in [-0.2, 0) is 0 Å². The second-order valence-electron chi connectivity index (χ2n) is 7.92. The normalized spacial score (nSPS) is 17.7. The lowest BCUT2D eigenvalue weighted by Crippen LogP contribution is -2.46. The highest BCUT2D eigenvalue weighted by atomic mass is 35.5. The number of hydrogen-bond donors (Lipinski definition) is 1. The van der Waals surface area contributed by atoms with Gasteiger partial charge in [-0.3, -0.25) is 4.79 Å². The van der Waals surface area contributed by atoms with Gasteiger partial charge in [0.2, 0.25) is 0 Å². The average molecular weight is 455 g/mol. The van der Waals surface area contributed by atoms with Gasteiger partial charge in [-0.05, 0) is 57.8 Å². The summed E-state index contributed by atoms with van der Waals surface area (Å²) in [7, 11) is 2.15. The molecule has 9 heteroatoms. The van der Waals surface area contributed by atoms with Crippen LogP contribution in [0.5, 0.6) is 0 Å². The van der Waals surface area contributed by atoms with Gasteiger partial charge in [-0.25, -0.2) is 4.68 Å². The van der Waals surface area contributed by atoms with Crippen LogP contribution in [0.15, 0.2) is 30.3 Å². The molecule has 0 spiro atoms. The molecule has 4 rings (SSSR count). The number of piperidine rings is 2. The summed E-state index contributed by atoms with van der Waals surface area (Å²) in [6, 6.07) is 11.3. The van der Waals surface area contributed by atoms with Crippen molar-refractivity contribution < 1.29 is 4.79 Å². The van der Waals surface area contributed by atoms with Crippen molar-refractivity contribution in [1.82, 2.24) is 25.2 Å². The van der Waals surface area contributed by atoms with Crippen LogP contribution in [0.3, 0.4) is 0 Å². The quantitative estimate of drug-likeness (QED) is 0.768. The van der Waals surface area contributed by atoms with Crippen molar-refractivity contribution in [3.63, 3.8) is 0 Å². The lowest BCUT2D eigenvalue weighted by molar-refractivity contribution is 0.0706. The second-order valence-corrected chi connectivity index (χ2v) is 7.92. The van der Waals surface area contributed by atoms with Crippen molar-refractivity contribution in [2.45, 2.75) is 44.7 Å². The van der Waals surface area contributed by atoms with Gasteiger partial charge in [-0.15, -0.1) is 29.9 Å². The van der Waals surface area contributed by atoms with E-state index in [0.29, 0.717) is 17.8 Å². The number of nitrogens with zero attached hydrogens (tertiary/aromatic N) is 5. The summed E-state index contributed by atoms with van der Waals surface area (Å²) in [5.41, 5.74) is 2.65. The topological polar surface area (TPSA) is 66.3 Å². The fourth-order valence-corrected chi connectivity index (χ4v) is 4.42. The minimum absolute atomic E-state index is 0. The molecule has 2 fully saturated rings. The third kappa shape index (κ3) is 5.07. The fourth-order valence-electron chi connectivity index (χ4n) is 4.42. The highest BCUT2D eigenvalue weighted by molar-refractivity contribution is 5.93. The van der Waals surface area contributed by atoms with Crippen molar-refractivity contribution in [2.24, 2.45) is 0 Å². The van der Waals surface area contributed by atoms with Gasteiger partial charge in [-0.1, -0.05) is 23.4 Å². The number of aromatic nitrogens is 3. The predicted octanol–water partition coefficient (Wildman–Crippen LogP) is 3.10. The molecule has 0 radical (unpaired) electrons. The molecule has 0 atom stereocenters. The molecule has 1 aromatic carbocycles. The molecule has 166 valence electrons. The number of para-hydroxylation sites is 1. The minimum Gasteiger partial charge on any atom is -0.371 e. The van der Waals surface area contributed by atoms with E-state index >= 15 is 0 Å². The molecule has 2 aromatic rings. The highest BCUT2D eigenvalue weighted by Crippen LogP contribution is 2.24. The van der Waals surface area contributed by atoms with Crippen LogP contribution >= 0.6 is 24.8 Å². The maximum Gasteiger partial charge on any atom is 0.276 e. The molecule has 1 N–H and O–H groups in total. The molecule has 30 heavy (non-hydrogen) atoms. The van der Waals surface area contributed by atoms with Crippen molar-refractivity contribution >= 4 is 36.4 Å². The Kier molecular flexibility index (Phi) is 8.94. The Morgan fingerprint density at radius 2 is 1.70 bits per heavy atom. The molecule has 0 saturated carbocycles. The van der Waals surface area contributed by atoms with Crippen molar-refractivity contribution in [3.05, 3.63) is 41.7 Å². The molecular weight excluding hydrogens is 423 g/mol. The van der Waals surface area contributed by atoms with Crippen molar-refractivity contribution in [3.8, 4) is 0 Å². The van der Waals surface area contributed by atoms with E-state index in [2.05, 4.69) is 51.8 Å². The Morgan fingerprint density at radius 1 is 1.07 bits per heavy atom. The molecule has 1 amide bonds. The number of carbonyl (C=O) groups is 1. The molecular formula is C21H32Cl2N6O. The maximum atomic E-state index is 13.0. The van der Waals surface area contributed by atoms with E-state index in [9.17, 15) is 4.79 Å². The third-order valence-electron chi connectivity index (χ3n) is 6.25. The number of nitrogens with one attached hydrogen (secondary N) is 1. The van der Waals surface area contributed by atoms with E-state index in [4.69, 9.17) is 0 Å². The number of anilines is 1. The van der Waals surface area contributed by atoms with E-state index in [-0.39, 0.29) is 30.7 Å². The van der Waals surface area contributed by atoms with E-state index in [1.54, 1.807) is 0 Å². The molecule has 0 bridgehead atoms. The summed E-state index contributed by atoms with van der Waals surface area (Å²) < 4.78 is 1.96. The van der Waals surface area contributed by atoms with Gasteiger partial charge >= 0.3 is 0 Å². The molecule has 0 unspecified atom stereocenters. The molecule has 3 heterocycles. The van der Waals surface area contributed by atoms with Gasteiger partial charge in [0.1, 0.15) is 0 Å². The van der Waals surface area contributed by atoms with Crippen LogP contribution in [0.1, 0.15) is 47.9 Å². The van der Waals surface area contributed by atoms with Gasteiger partial charge in [-0.2, -0.15) is 0 Å². The lowest BCUT2D eigenvalue weighted by atomic mass is 10.0. The molecule has 2 aliphatic heterocycles. The summed E-state index contributed by atoms with van der Waals surface area (Å²) in [4.78, 5) is 17.3. The smallest absolute Gasteiger partial charge is 0.276 e. The van der Waals surface area contributed by atoms with Crippen LogP contribution in [0.25, 0.3) is 0 Å². The first kappa shape index (κ1) is 24.4. The Labute approximate surface area is 191 Å². The molecule has 2 aliphatic rings. The molecule has 1 aromatic heterocycles. The summed E-state index contributed by atoms with van der Waals surface area (Å²) in [5, 5.41) is 11.9. The maximum absolute atomic E-state index is 13.0. The highest BCUT2D eigenvalue weighted by Gasteiger charge is 2.30. The number of amides is 1. The summed E-state index contributed by atoms with van der Waals surface area (Å²) in [5.74, 6) is 0.0264. The van der Waals surface area contributed by atoms with Crippen LogP contribution in [0, 0.1) is 6.92 Å². The lowest BCUT2D eigenvalue weighted by Gasteiger charge is -2.37. The standard InChI is InChI=1S/C21H30N6O.2ClH/c1-16-20(23-24-27(16)19-8-12-22-13-9-19)21(28)26-14-10-18(11-15-26)25(2)17-6-4-3-5-7-17;;/h3-7,18-19,22H,8-15H2,1-2H3;2*1H. The van der Waals surface area contributed by atoms with Crippen LogP contribution in [0.2, 0.25) is 0 Å². The number of likely N-dealkylation sites (tertiary alicyclic amines) is 1. The van der Waals surface area contributed by atoms with Gasteiger partial charge in [0.05, 0.1) is 11.7 Å². The van der Waals surface area contributed by atoms with E-state index in [1.165, 1.54) is 5.69 Å².